The Hall–Kier alpha value is -1.81. The summed E-state index contributed by atoms with van der Waals surface area (Å²) in [5.74, 6) is 0. The van der Waals surface area contributed by atoms with E-state index in [0.717, 1.165) is 23.7 Å². The first kappa shape index (κ1) is 18.5. The molecule has 128 valence electrons. The molecule has 0 saturated carbocycles. The van der Waals surface area contributed by atoms with Crippen LogP contribution in [0.4, 0.5) is 11.4 Å². The lowest BCUT2D eigenvalue weighted by molar-refractivity contribution is -0.210. The van der Waals surface area contributed by atoms with Crippen LogP contribution in [0, 0.1) is 0 Å². The fraction of sp³-hybridized carbons (Fsp3) is 0.400. The Labute approximate surface area is 150 Å². The Bertz CT molecular complexity index is 620. The van der Waals surface area contributed by atoms with Crippen molar-refractivity contribution in [2.75, 3.05) is 18.0 Å². The molecule has 0 amide bonds. The Morgan fingerprint density at radius 1 is 0.958 bits per heavy atom. The van der Waals surface area contributed by atoms with Gasteiger partial charge in [0.05, 0.1) is 0 Å². The van der Waals surface area contributed by atoms with Crippen molar-refractivity contribution >= 4 is 23.1 Å². The summed E-state index contributed by atoms with van der Waals surface area (Å²) in [4.78, 5) is 4.80. The zero-order chi connectivity index (χ0) is 17.2. The minimum absolute atomic E-state index is 0.846. The maximum Gasteiger partial charge on any atom is 0.143 e. The lowest BCUT2D eigenvalue weighted by Crippen LogP contribution is -2.25. The van der Waals surface area contributed by atoms with Crippen molar-refractivity contribution in [2.24, 2.45) is 5.11 Å². The largest absolute Gasteiger partial charge is 0.372 e. The number of anilines is 1. The third kappa shape index (κ3) is 5.38. The summed E-state index contributed by atoms with van der Waals surface area (Å²) in [6.45, 7) is 6.69. The highest BCUT2D eigenvalue weighted by Gasteiger charge is 2.11. The number of rotatable bonds is 10. The molecule has 0 aromatic heterocycles. The molecule has 3 nitrogen and oxygen atoms in total. The van der Waals surface area contributed by atoms with Gasteiger partial charge in [0.2, 0.25) is 0 Å². The van der Waals surface area contributed by atoms with Crippen molar-refractivity contribution < 1.29 is 5.53 Å². The van der Waals surface area contributed by atoms with Gasteiger partial charge in [-0.15, -0.1) is 0 Å². The van der Waals surface area contributed by atoms with Crippen molar-refractivity contribution in [2.45, 2.75) is 49.3 Å². The van der Waals surface area contributed by atoms with Crippen LogP contribution in [0.25, 0.3) is 0 Å². The molecule has 4 heteroatoms. The molecule has 0 aliphatic heterocycles. The van der Waals surface area contributed by atoms with Gasteiger partial charge in [-0.2, -0.15) is 5.53 Å². The molecule has 0 aliphatic rings. The van der Waals surface area contributed by atoms with E-state index in [1.807, 2.05) is 12.1 Å². The van der Waals surface area contributed by atoms with E-state index < -0.39 is 0 Å². The highest BCUT2D eigenvalue weighted by molar-refractivity contribution is 7.99. The summed E-state index contributed by atoms with van der Waals surface area (Å²) in [5.41, 5.74) is 7.70. The first-order valence-electron chi connectivity index (χ1n) is 8.81. The van der Waals surface area contributed by atoms with E-state index in [1.54, 1.807) is 11.8 Å². The van der Waals surface area contributed by atoms with Gasteiger partial charge in [0.25, 0.3) is 0 Å². The first-order valence-corrected chi connectivity index (χ1v) is 9.63. The quantitative estimate of drug-likeness (QED) is 0.611. The molecule has 0 bridgehead atoms. The average Bonchev–Trinajstić information content (AvgIpc) is 2.63. The van der Waals surface area contributed by atoms with E-state index in [9.17, 15) is 0 Å². The van der Waals surface area contributed by atoms with Crippen LogP contribution in [0.1, 0.15) is 39.5 Å². The third-order valence-corrected chi connectivity index (χ3v) is 5.04. The zero-order valence-corrected chi connectivity index (χ0v) is 15.6. The van der Waals surface area contributed by atoms with Crippen LogP contribution >= 0.6 is 11.8 Å². The number of nitrogens with zero attached hydrogens (tertiary/aromatic N) is 2. The summed E-state index contributed by atoms with van der Waals surface area (Å²) in [7, 11) is 0. The van der Waals surface area contributed by atoms with Gasteiger partial charge >= 0.3 is 0 Å². The van der Waals surface area contributed by atoms with Crippen LogP contribution in [-0.2, 0) is 0 Å². The van der Waals surface area contributed by atoms with Crippen LogP contribution < -0.4 is 10.4 Å². The predicted octanol–water partition coefficient (Wildman–Crippen LogP) is 5.09. The zero-order valence-electron chi connectivity index (χ0n) is 14.7. The molecule has 0 fully saturated rings. The Kier molecular flexibility index (Phi) is 7.83. The van der Waals surface area contributed by atoms with Crippen LogP contribution in [0.3, 0.4) is 0 Å². The molecule has 0 heterocycles. The molecule has 0 radical (unpaired) electrons. The van der Waals surface area contributed by atoms with E-state index >= 15 is 0 Å². The molecular formula is C20H28N3S+. The van der Waals surface area contributed by atoms with Gasteiger partial charge in [-0.05, 0) is 48.3 Å². The fourth-order valence-corrected chi connectivity index (χ4v) is 3.52. The van der Waals surface area contributed by atoms with Crippen LogP contribution in [0.15, 0.2) is 63.4 Å². The van der Waals surface area contributed by atoms with E-state index in [1.165, 1.54) is 36.3 Å². The SMILES string of the molecule is CCCCN(CCCC)c1ccc(N=[NH2+])c(Sc2ccccc2)c1. The van der Waals surface area contributed by atoms with Gasteiger partial charge in [-0.25, -0.2) is 0 Å². The maximum absolute atomic E-state index is 5.59. The van der Waals surface area contributed by atoms with E-state index in [4.69, 9.17) is 5.53 Å². The Morgan fingerprint density at radius 3 is 2.21 bits per heavy atom. The van der Waals surface area contributed by atoms with Gasteiger partial charge in [0, 0.05) is 28.6 Å². The number of hydrogen-bond donors (Lipinski definition) is 1. The van der Waals surface area contributed by atoms with Crippen molar-refractivity contribution in [1.82, 2.24) is 0 Å². The van der Waals surface area contributed by atoms with Gasteiger partial charge in [-0.1, -0.05) is 56.7 Å². The maximum atomic E-state index is 5.59. The topological polar surface area (TPSA) is 41.2 Å². The summed E-state index contributed by atoms with van der Waals surface area (Å²) in [6.07, 6.45) is 4.86. The monoisotopic (exact) mass is 342 g/mol. The van der Waals surface area contributed by atoms with Gasteiger partial charge < -0.3 is 4.90 Å². The molecule has 2 N–H and O–H groups in total. The van der Waals surface area contributed by atoms with E-state index in [-0.39, 0.29) is 0 Å². The standard InChI is InChI=1S/C20H27N3S/c1-3-5-14-23(15-6-4-2)17-12-13-19(22-21)20(16-17)24-18-10-8-7-9-11-18/h7-13,16,21H,3-6,14-15H2,1-2H3/p+1. The summed E-state index contributed by atoms with van der Waals surface area (Å²) in [5, 5.41) is 3.95. The number of nitrogens with two attached hydrogens (primary N) is 1. The van der Waals surface area contributed by atoms with Crippen molar-refractivity contribution in [3.8, 4) is 0 Å². The first-order chi connectivity index (χ1) is 11.8. The lowest BCUT2D eigenvalue weighted by atomic mass is 10.2. The second-order valence-corrected chi connectivity index (χ2v) is 7.01. The van der Waals surface area contributed by atoms with Crippen LogP contribution in [0.2, 0.25) is 0 Å². The predicted molar refractivity (Wildman–Crippen MR) is 103 cm³/mol. The van der Waals surface area contributed by atoms with Gasteiger partial charge in [0.15, 0.2) is 0 Å². The summed E-state index contributed by atoms with van der Waals surface area (Å²) < 4.78 is 0. The lowest BCUT2D eigenvalue weighted by Gasteiger charge is -2.25. The molecular weight excluding hydrogens is 314 g/mol. The molecule has 24 heavy (non-hydrogen) atoms. The summed E-state index contributed by atoms with van der Waals surface area (Å²) >= 11 is 1.72. The minimum atomic E-state index is 0.846. The number of benzene rings is 2. The highest BCUT2D eigenvalue weighted by atomic mass is 32.2. The molecule has 0 saturated heterocycles. The van der Waals surface area contributed by atoms with Crippen LogP contribution in [0.5, 0.6) is 0 Å². The number of unbranched alkanes of at least 4 members (excludes halogenated alkanes) is 2. The van der Waals surface area contributed by atoms with Crippen molar-refractivity contribution in [3.63, 3.8) is 0 Å². The highest BCUT2D eigenvalue weighted by Crippen LogP contribution is 2.37. The number of hydrogen-bond acceptors (Lipinski definition) is 3. The van der Waals surface area contributed by atoms with Crippen molar-refractivity contribution in [3.05, 3.63) is 48.5 Å². The molecule has 2 aromatic rings. The second-order valence-electron chi connectivity index (χ2n) is 5.89. The molecule has 2 aromatic carbocycles. The third-order valence-electron chi connectivity index (χ3n) is 3.98. The van der Waals surface area contributed by atoms with E-state index in [0.29, 0.717) is 0 Å². The van der Waals surface area contributed by atoms with Gasteiger partial charge in [0.1, 0.15) is 5.69 Å². The van der Waals surface area contributed by atoms with E-state index in [2.05, 4.69) is 60.3 Å². The average molecular weight is 343 g/mol. The molecule has 0 atom stereocenters. The van der Waals surface area contributed by atoms with Crippen LogP contribution in [-0.4, -0.2) is 13.1 Å². The molecule has 0 spiro atoms. The Morgan fingerprint density at radius 2 is 1.62 bits per heavy atom. The minimum Gasteiger partial charge on any atom is -0.372 e. The van der Waals surface area contributed by atoms with Gasteiger partial charge in [-0.3, -0.25) is 0 Å². The molecule has 0 unspecified atom stereocenters. The molecule has 0 aliphatic carbocycles. The fourth-order valence-electron chi connectivity index (χ4n) is 2.57. The van der Waals surface area contributed by atoms with Crippen molar-refractivity contribution in [1.29, 1.82) is 0 Å². The molecule has 2 rings (SSSR count). The smallest absolute Gasteiger partial charge is 0.143 e. The second kappa shape index (κ2) is 10.1. The Balaban J connectivity index is 2.25. The summed E-state index contributed by atoms with van der Waals surface area (Å²) in [6, 6.07) is 16.8. The normalized spacial score (nSPS) is 10.6.